The summed E-state index contributed by atoms with van der Waals surface area (Å²) in [7, 11) is -0.482. The van der Waals surface area contributed by atoms with Crippen molar-refractivity contribution in [2.45, 2.75) is 18.4 Å². The highest BCUT2D eigenvalue weighted by Gasteiger charge is 2.20. The molecule has 0 spiro atoms. The normalized spacial score (nSPS) is 15.9. The number of fused-ring (bicyclic) bond motifs is 1. The van der Waals surface area contributed by atoms with Gasteiger partial charge in [0.05, 0.1) is 5.56 Å². The summed E-state index contributed by atoms with van der Waals surface area (Å²) in [5, 5.41) is 4.28. The first-order valence-corrected chi connectivity index (χ1v) is 15.0. The summed E-state index contributed by atoms with van der Waals surface area (Å²) in [4.78, 5) is 28.0. The lowest BCUT2D eigenvalue weighted by atomic mass is 10.1. The fraction of sp³-hybridized carbons (Fsp3) is 0.286. The minimum Gasteiger partial charge on any atom is -0.369 e. The Bertz CT molecular complexity index is 1660. The molecule has 10 heteroatoms. The van der Waals surface area contributed by atoms with Crippen molar-refractivity contribution < 1.29 is 4.21 Å². The van der Waals surface area contributed by atoms with Crippen LogP contribution in [0, 0.1) is 0 Å². The van der Waals surface area contributed by atoms with E-state index < -0.39 is 9.52 Å². The van der Waals surface area contributed by atoms with Gasteiger partial charge in [-0.05, 0) is 71.8 Å². The van der Waals surface area contributed by atoms with Crippen LogP contribution in [-0.4, -0.2) is 69.0 Å². The molecule has 2 aromatic heterocycles. The second-order valence-electron chi connectivity index (χ2n) is 9.66. The molecule has 1 atom stereocenters. The van der Waals surface area contributed by atoms with Crippen LogP contribution in [0.5, 0.6) is 0 Å². The van der Waals surface area contributed by atoms with E-state index in [1.54, 1.807) is 41.3 Å². The molecule has 38 heavy (non-hydrogen) atoms. The highest BCUT2D eigenvalue weighted by atomic mass is 35.5. The second-order valence-corrected chi connectivity index (χ2v) is 12.5. The van der Waals surface area contributed by atoms with Gasteiger partial charge in [-0.25, -0.2) is 4.98 Å². The molecule has 1 aliphatic rings. The molecule has 1 saturated heterocycles. The molecule has 0 saturated carbocycles. The maximum absolute atomic E-state index is 13.6. The summed E-state index contributed by atoms with van der Waals surface area (Å²) >= 11 is 6.52. The quantitative estimate of drug-likeness (QED) is 0.358. The van der Waals surface area contributed by atoms with Crippen molar-refractivity contribution in [2.75, 3.05) is 49.7 Å². The lowest BCUT2D eigenvalue weighted by molar-refractivity contribution is 0.313. The molecular formula is C28H31ClN6O2S. The van der Waals surface area contributed by atoms with Gasteiger partial charge in [-0.2, -0.15) is 4.98 Å². The first-order chi connectivity index (χ1) is 18.2. The SMILES string of the molecule is C=S(C)(=O)c1cccc(Cl)c1-c1cc2cnc(Nc3ccc(N4CCN(C)CC4)cc3)nc2n(CC)c1=O. The molecule has 4 aromatic rings. The van der Waals surface area contributed by atoms with Gasteiger partial charge < -0.3 is 15.1 Å². The highest BCUT2D eigenvalue weighted by molar-refractivity contribution is 7.99. The first-order valence-electron chi connectivity index (χ1n) is 12.5. The fourth-order valence-electron chi connectivity index (χ4n) is 4.77. The van der Waals surface area contributed by atoms with Gasteiger partial charge in [0.25, 0.3) is 5.56 Å². The van der Waals surface area contributed by atoms with E-state index in [2.05, 4.69) is 50.1 Å². The molecule has 0 amide bonds. The summed E-state index contributed by atoms with van der Waals surface area (Å²) < 4.78 is 14.5. The van der Waals surface area contributed by atoms with Crippen LogP contribution in [0.25, 0.3) is 22.2 Å². The topological polar surface area (TPSA) is 83.4 Å². The van der Waals surface area contributed by atoms with Crippen molar-refractivity contribution in [3.63, 3.8) is 0 Å². The fourth-order valence-corrected chi connectivity index (χ4v) is 6.12. The van der Waals surface area contributed by atoms with Crippen molar-refractivity contribution in [1.82, 2.24) is 19.4 Å². The summed E-state index contributed by atoms with van der Waals surface area (Å²) in [6.07, 6.45) is 3.22. The Hall–Kier alpha value is -3.40. The number of aromatic nitrogens is 3. The van der Waals surface area contributed by atoms with Crippen molar-refractivity contribution in [1.29, 1.82) is 0 Å². The van der Waals surface area contributed by atoms with Gasteiger partial charge in [0.1, 0.15) is 5.65 Å². The molecule has 3 heterocycles. The number of pyridine rings is 1. The maximum Gasteiger partial charge on any atom is 0.260 e. The van der Waals surface area contributed by atoms with Gasteiger partial charge in [0, 0.05) is 77.4 Å². The smallest absolute Gasteiger partial charge is 0.260 e. The number of likely N-dealkylation sites (N-methyl/N-ethyl adjacent to an activating group) is 1. The minimum atomic E-state index is -2.63. The molecule has 1 aliphatic heterocycles. The molecule has 1 fully saturated rings. The Labute approximate surface area is 227 Å². The highest BCUT2D eigenvalue weighted by Crippen LogP contribution is 2.33. The average Bonchev–Trinajstić information content (AvgIpc) is 2.89. The molecule has 198 valence electrons. The molecule has 0 bridgehead atoms. The van der Waals surface area contributed by atoms with Crippen LogP contribution in [0.1, 0.15) is 6.92 Å². The molecule has 0 radical (unpaired) electrons. The predicted molar refractivity (Wildman–Crippen MR) is 159 cm³/mol. The number of hydrogen-bond donors (Lipinski definition) is 1. The van der Waals surface area contributed by atoms with E-state index in [0.29, 0.717) is 44.6 Å². The van der Waals surface area contributed by atoms with Crippen LogP contribution in [0.15, 0.2) is 64.4 Å². The number of nitrogens with zero attached hydrogens (tertiary/aromatic N) is 5. The van der Waals surface area contributed by atoms with Crippen molar-refractivity contribution in [3.05, 3.63) is 70.1 Å². The van der Waals surface area contributed by atoms with Gasteiger partial charge in [-0.1, -0.05) is 17.7 Å². The third-order valence-electron chi connectivity index (χ3n) is 6.85. The Morgan fingerprint density at radius 3 is 2.47 bits per heavy atom. The van der Waals surface area contributed by atoms with Crippen LogP contribution >= 0.6 is 11.6 Å². The second kappa shape index (κ2) is 10.4. The Balaban J connectivity index is 1.50. The van der Waals surface area contributed by atoms with Crippen LogP contribution in [0.3, 0.4) is 0 Å². The van der Waals surface area contributed by atoms with Gasteiger partial charge in [0.15, 0.2) is 0 Å². The Morgan fingerprint density at radius 1 is 1.11 bits per heavy atom. The molecule has 2 aromatic carbocycles. The number of nitrogens with one attached hydrogen (secondary N) is 1. The predicted octanol–water partition coefficient (Wildman–Crippen LogP) is 4.33. The van der Waals surface area contributed by atoms with Crippen LogP contribution in [0.4, 0.5) is 17.3 Å². The van der Waals surface area contributed by atoms with Crippen LogP contribution in [0.2, 0.25) is 5.02 Å². The number of rotatable bonds is 6. The number of halogens is 1. The van der Waals surface area contributed by atoms with Gasteiger partial charge in [-0.3, -0.25) is 13.6 Å². The third-order valence-corrected chi connectivity index (χ3v) is 8.43. The van der Waals surface area contributed by atoms with Gasteiger partial charge >= 0.3 is 0 Å². The zero-order chi connectivity index (χ0) is 27.0. The molecule has 1 unspecified atom stereocenters. The summed E-state index contributed by atoms with van der Waals surface area (Å²) in [6, 6.07) is 15.0. The Kier molecular flexibility index (Phi) is 7.17. The average molecular weight is 551 g/mol. The Morgan fingerprint density at radius 2 is 1.82 bits per heavy atom. The van der Waals surface area contributed by atoms with Gasteiger partial charge in [-0.15, -0.1) is 0 Å². The summed E-state index contributed by atoms with van der Waals surface area (Å²) in [5.74, 6) is 4.21. The van der Waals surface area contributed by atoms with E-state index >= 15 is 0 Å². The van der Waals surface area contributed by atoms with Crippen molar-refractivity contribution in [3.8, 4) is 11.1 Å². The minimum absolute atomic E-state index is 0.265. The number of hydrogen-bond acceptors (Lipinski definition) is 7. The number of aryl methyl sites for hydroxylation is 1. The van der Waals surface area contributed by atoms with Crippen LogP contribution < -0.4 is 15.8 Å². The van der Waals surface area contributed by atoms with Crippen molar-refractivity contribution in [2.24, 2.45) is 0 Å². The zero-order valence-electron chi connectivity index (χ0n) is 21.8. The molecular weight excluding hydrogens is 520 g/mol. The molecule has 8 nitrogen and oxygen atoms in total. The molecule has 5 rings (SSSR count). The monoisotopic (exact) mass is 550 g/mol. The lowest BCUT2D eigenvalue weighted by Gasteiger charge is -2.34. The van der Waals surface area contributed by atoms with Gasteiger partial charge in [0.2, 0.25) is 5.95 Å². The molecule has 1 N–H and O–H groups in total. The number of anilines is 3. The zero-order valence-corrected chi connectivity index (χ0v) is 23.3. The third kappa shape index (κ3) is 5.14. The van der Waals surface area contributed by atoms with E-state index in [1.807, 2.05) is 19.1 Å². The van der Waals surface area contributed by atoms with E-state index in [0.717, 1.165) is 31.9 Å². The number of benzene rings is 2. The lowest BCUT2D eigenvalue weighted by Crippen LogP contribution is -2.44. The van der Waals surface area contributed by atoms with E-state index in [9.17, 15) is 9.00 Å². The molecule has 0 aliphatic carbocycles. The standard InChI is InChI=1S/C28H31ClN6O2S/c1-5-35-26-19(17-22(27(35)36)25-23(29)7-6-8-24(25)38(3,4)37)18-30-28(32-26)31-20-9-11-21(12-10-20)34-15-13-33(2)14-16-34/h6-12,17-18H,3,5,13-16H2,1-2,4H3,(H,30,31,32). The largest absolute Gasteiger partial charge is 0.369 e. The summed E-state index contributed by atoms with van der Waals surface area (Å²) in [6.45, 7) is 6.40. The van der Waals surface area contributed by atoms with Crippen LogP contribution in [-0.2, 0) is 16.1 Å². The first kappa shape index (κ1) is 26.2. The van der Waals surface area contributed by atoms with E-state index in [1.165, 1.54) is 5.69 Å². The summed E-state index contributed by atoms with van der Waals surface area (Å²) in [5.41, 5.74) is 3.08. The van der Waals surface area contributed by atoms with E-state index in [-0.39, 0.29) is 5.56 Å². The van der Waals surface area contributed by atoms with Crippen molar-refractivity contribution >= 4 is 55.3 Å². The van der Waals surface area contributed by atoms with E-state index in [4.69, 9.17) is 11.6 Å². The number of piperazine rings is 1. The maximum atomic E-state index is 13.6.